The lowest BCUT2D eigenvalue weighted by molar-refractivity contribution is 0.0819. The van der Waals surface area contributed by atoms with Crippen LogP contribution >= 0.6 is 0 Å². The smallest absolute Gasteiger partial charge is 0.315 e. The van der Waals surface area contributed by atoms with Crippen molar-refractivity contribution in [3.8, 4) is 0 Å². The second-order valence-corrected chi connectivity index (χ2v) is 4.33. The predicted octanol–water partition coefficient (Wildman–Crippen LogP) is 1.26. The van der Waals surface area contributed by atoms with E-state index in [0.29, 0.717) is 6.54 Å². The van der Waals surface area contributed by atoms with Gasteiger partial charge >= 0.3 is 6.03 Å². The fourth-order valence-electron chi connectivity index (χ4n) is 1.14. The molecule has 0 saturated heterocycles. The molecule has 88 valence electrons. The Kier molecular flexibility index (Phi) is 4.31. The minimum atomic E-state index is -0.885. The predicted molar refractivity (Wildman–Crippen MR) is 63.0 cm³/mol. The molecule has 4 heteroatoms. The molecule has 0 spiro atoms. The van der Waals surface area contributed by atoms with Gasteiger partial charge in [-0.2, -0.15) is 0 Å². The maximum absolute atomic E-state index is 11.3. The first-order valence-electron chi connectivity index (χ1n) is 5.25. The molecule has 0 heterocycles. The van der Waals surface area contributed by atoms with E-state index in [1.54, 1.807) is 13.8 Å². The van der Waals surface area contributed by atoms with E-state index in [2.05, 4.69) is 10.6 Å². The Labute approximate surface area is 95.7 Å². The summed E-state index contributed by atoms with van der Waals surface area (Å²) in [5.41, 5.74) is 0.158. The van der Waals surface area contributed by atoms with Crippen LogP contribution in [-0.4, -0.2) is 23.3 Å². The summed E-state index contributed by atoms with van der Waals surface area (Å²) in [6.07, 6.45) is 0. The number of hydrogen-bond acceptors (Lipinski definition) is 2. The number of rotatable bonds is 4. The monoisotopic (exact) mass is 222 g/mol. The molecule has 16 heavy (non-hydrogen) atoms. The van der Waals surface area contributed by atoms with Crippen LogP contribution in [-0.2, 0) is 6.54 Å². The van der Waals surface area contributed by atoms with Gasteiger partial charge in [-0.05, 0) is 19.4 Å². The minimum Gasteiger partial charge on any atom is -0.389 e. The third-order valence-corrected chi connectivity index (χ3v) is 1.98. The van der Waals surface area contributed by atoms with E-state index in [9.17, 15) is 9.90 Å². The van der Waals surface area contributed by atoms with Crippen LogP contribution in [0.25, 0.3) is 0 Å². The van der Waals surface area contributed by atoms with Crippen LogP contribution in [0, 0.1) is 0 Å². The van der Waals surface area contributed by atoms with Crippen LogP contribution < -0.4 is 10.6 Å². The lowest BCUT2D eigenvalue weighted by Crippen LogP contribution is -2.43. The van der Waals surface area contributed by atoms with Gasteiger partial charge in [0.15, 0.2) is 0 Å². The molecule has 0 fully saturated rings. The molecule has 0 aliphatic rings. The van der Waals surface area contributed by atoms with Gasteiger partial charge < -0.3 is 15.7 Å². The van der Waals surface area contributed by atoms with Crippen molar-refractivity contribution in [1.29, 1.82) is 0 Å². The van der Waals surface area contributed by atoms with Gasteiger partial charge in [0, 0.05) is 13.1 Å². The molecule has 0 aromatic heterocycles. The molecule has 1 aromatic carbocycles. The average molecular weight is 222 g/mol. The lowest BCUT2D eigenvalue weighted by Gasteiger charge is -2.17. The molecule has 0 unspecified atom stereocenters. The van der Waals surface area contributed by atoms with E-state index in [1.807, 2.05) is 30.3 Å². The number of amides is 2. The first-order chi connectivity index (χ1) is 7.47. The lowest BCUT2D eigenvalue weighted by atomic mass is 10.1. The van der Waals surface area contributed by atoms with Crippen LogP contribution in [0.2, 0.25) is 0 Å². The molecule has 0 aliphatic carbocycles. The zero-order valence-electron chi connectivity index (χ0n) is 9.66. The van der Waals surface area contributed by atoms with E-state index in [-0.39, 0.29) is 12.6 Å². The summed E-state index contributed by atoms with van der Waals surface area (Å²) in [4.78, 5) is 11.3. The molecule has 2 amide bonds. The van der Waals surface area contributed by atoms with Crippen molar-refractivity contribution >= 4 is 6.03 Å². The third-order valence-electron chi connectivity index (χ3n) is 1.98. The second kappa shape index (κ2) is 5.51. The highest BCUT2D eigenvalue weighted by atomic mass is 16.3. The Balaban J connectivity index is 2.26. The Bertz CT molecular complexity index is 331. The zero-order valence-corrected chi connectivity index (χ0v) is 9.66. The fourth-order valence-corrected chi connectivity index (χ4v) is 1.14. The van der Waals surface area contributed by atoms with Gasteiger partial charge in [0.25, 0.3) is 0 Å². The van der Waals surface area contributed by atoms with Crippen LogP contribution in [0.4, 0.5) is 4.79 Å². The first kappa shape index (κ1) is 12.5. The quantitative estimate of drug-likeness (QED) is 0.718. The van der Waals surface area contributed by atoms with Gasteiger partial charge in [-0.25, -0.2) is 4.79 Å². The second-order valence-electron chi connectivity index (χ2n) is 4.33. The van der Waals surface area contributed by atoms with E-state index < -0.39 is 5.60 Å². The summed E-state index contributed by atoms with van der Waals surface area (Å²) in [5.74, 6) is 0. The molecule has 0 atom stereocenters. The molecule has 1 rings (SSSR count). The summed E-state index contributed by atoms with van der Waals surface area (Å²) >= 11 is 0. The van der Waals surface area contributed by atoms with Crippen molar-refractivity contribution < 1.29 is 9.90 Å². The standard InChI is InChI=1S/C12H18N2O2/c1-12(2,16)9-14-11(15)13-8-10-6-4-3-5-7-10/h3-7,16H,8-9H2,1-2H3,(H2,13,14,15). The Hall–Kier alpha value is -1.55. The Morgan fingerprint density at radius 3 is 2.44 bits per heavy atom. The third kappa shape index (κ3) is 5.36. The SMILES string of the molecule is CC(C)(O)CNC(=O)NCc1ccccc1. The zero-order chi connectivity index (χ0) is 12.0. The van der Waals surface area contributed by atoms with E-state index in [0.717, 1.165) is 5.56 Å². The van der Waals surface area contributed by atoms with Crippen molar-refractivity contribution in [2.75, 3.05) is 6.54 Å². The molecule has 0 bridgehead atoms. The van der Waals surface area contributed by atoms with Crippen LogP contribution in [0.3, 0.4) is 0 Å². The highest BCUT2D eigenvalue weighted by Crippen LogP contribution is 1.98. The summed E-state index contributed by atoms with van der Waals surface area (Å²) < 4.78 is 0. The molecule has 0 aliphatic heterocycles. The minimum absolute atomic E-state index is 0.230. The maximum atomic E-state index is 11.3. The van der Waals surface area contributed by atoms with Crippen molar-refractivity contribution in [3.05, 3.63) is 35.9 Å². The number of benzene rings is 1. The van der Waals surface area contributed by atoms with Gasteiger partial charge in [-0.1, -0.05) is 30.3 Å². The number of urea groups is 1. The topological polar surface area (TPSA) is 61.4 Å². The van der Waals surface area contributed by atoms with Crippen molar-refractivity contribution in [1.82, 2.24) is 10.6 Å². The van der Waals surface area contributed by atoms with Gasteiger partial charge in [-0.3, -0.25) is 0 Å². The molecule has 0 saturated carbocycles. The average Bonchev–Trinajstić information content (AvgIpc) is 2.24. The number of carbonyl (C=O) groups is 1. The fraction of sp³-hybridized carbons (Fsp3) is 0.417. The summed E-state index contributed by atoms with van der Waals surface area (Å²) in [6.45, 7) is 4.00. The summed E-state index contributed by atoms with van der Waals surface area (Å²) in [6, 6.07) is 9.38. The van der Waals surface area contributed by atoms with Crippen molar-refractivity contribution in [2.24, 2.45) is 0 Å². The number of nitrogens with one attached hydrogen (secondary N) is 2. The molecular formula is C12H18N2O2. The van der Waals surface area contributed by atoms with Crippen LogP contribution in [0.15, 0.2) is 30.3 Å². The molecule has 1 aromatic rings. The van der Waals surface area contributed by atoms with Crippen molar-refractivity contribution in [2.45, 2.75) is 26.0 Å². The van der Waals surface area contributed by atoms with E-state index in [1.165, 1.54) is 0 Å². The maximum Gasteiger partial charge on any atom is 0.315 e. The largest absolute Gasteiger partial charge is 0.389 e. The summed E-state index contributed by atoms with van der Waals surface area (Å²) in [7, 11) is 0. The Morgan fingerprint density at radius 2 is 1.88 bits per heavy atom. The number of aliphatic hydroxyl groups is 1. The van der Waals surface area contributed by atoms with Gasteiger partial charge in [0.05, 0.1) is 5.60 Å². The molecule has 0 radical (unpaired) electrons. The molecule has 3 N–H and O–H groups in total. The first-order valence-corrected chi connectivity index (χ1v) is 5.25. The van der Waals surface area contributed by atoms with Crippen LogP contribution in [0.1, 0.15) is 19.4 Å². The van der Waals surface area contributed by atoms with E-state index in [4.69, 9.17) is 0 Å². The normalized spacial score (nSPS) is 10.9. The highest BCUT2D eigenvalue weighted by Gasteiger charge is 2.13. The number of carbonyl (C=O) groups excluding carboxylic acids is 1. The number of hydrogen-bond donors (Lipinski definition) is 3. The van der Waals surface area contributed by atoms with Crippen molar-refractivity contribution in [3.63, 3.8) is 0 Å². The Morgan fingerprint density at radius 1 is 1.25 bits per heavy atom. The molecule has 4 nitrogen and oxygen atoms in total. The molecular weight excluding hydrogens is 204 g/mol. The van der Waals surface area contributed by atoms with E-state index >= 15 is 0 Å². The highest BCUT2D eigenvalue weighted by molar-refractivity contribution is 5.73. The summed E-state index contributed by atoms with van der Waals surface area (Å²) in [5, 5.41) is 14.7. The van der Waals surface area contributed by atoms with Gasteiger partial charge in [-0.15, -0.1) is 0 Å². The van der Waals surface area contributed by atoms with Gasteiger partial charge in [0.2, 0.25) is 0 Å². The van der Waals surface area contributed by atoms with Gasteiger partial charge in [0.1, 0.15) is 0 Å². The van der Waals surface area contributed by atoms with Crippen LogP contribution in [0.5, 0.6) is 0 Å².